The Bertz CT molecular complexity index is 1140. The zero-order chi connectivity index (χ0) is 23.8. The zero-order valence-corrected chi connectivity index (χ0v) is 18.8. The molecule has 0 bridgehead atoms. The SMILES string of the molecule is CCS(=O)(=O)N1CCN(c2c(F)cc(Nc3ncc(C(N)=O)c(NC4CC4)n3)cc2F)CC1. The molecule has 0 radical (unpaired) electrons. The molecular formula is C20H25F2N7O3S. The molecule has 4 N–H and O–H groups in total. The lowest BCUT2D eigenvalue weighted by Crippen LogP contribution is -2.49. The van der Waals surface area contributed by atoms with Gasteiger partial charge in [-0.05, 0) is 31.9 Å². The molecule has 1 aromatic carbocycles. The number of piperazine rings is 1. The van der Waals surface area contributed by atoms with Gasteiger partial charge in [0.25, 0.3) is 5.91 Å². The van der Waals surface area contributed by atoms with Gasteiger partial charge < -0.3 is 21.3 Å². The largest absolute Gasteiger partial charge is 0.367 e. The molecule has 1 aliphatic heterocycles. The Morgan fingerprint density at radius 3 is 2.36 bits per heavy atom. The second kappa shape index (κ2) is 9.06. The van der Waals surface area contributed by atoms with Crippen LogP contribution in [-0.4, -0.2) is 66.6 Å². The molecule has 2 aromatic rings. The van der Waals surface area contributed by atoms with E-state index in [-0.39, 0.29) is 66.7 Å². The standard InChI is InChI=1S/C20H25F2N7O3S/c1-2-33(31,32)29-7-5-28(6-8-29)17-15(21)9-13(10-16(17)22)26-20-24-11-14(18(23)30)19(27-20)25-12-3-4-12/h9-12H,2-8H2,1H3,(H2,23,30)(H2,24,25,26,27). The first-order valence-electron chi connectivity index (χ1n) is 10.6. The van der Waals surface area contributed by atoms with E-state index in [1.54, 1.807) is 6.92 Å². The maximum atomic E-state index is 14.9. The number of rotatable bonds is 8. The summed E-state index contributed by atoms with van der Waals surface area (Å²) in [6.07, 6.45) is 3.15. The van der Waals surface area contributed by atoms with E-state index in [1.807, 2.05) is 0 Å². The van der Waals surface area contributed by atoms with Crippen molar-refractivity contribution in [2.75, 3.05) is 47.5 Å². The number of hydrogen-bond acceptors (Lipinski definition) is 8. The molecule has 0 spiro atoms. The minimum absolute atomic E-state index is 0.0174. The number of hydrogen-bond donors (Lipinski definition) is 3. The van der Waals surface area contributed by atoms with Crippen molar-refractivity contribution in [2.45, 2.75) is 25.8 Å². The fourth-order valence-corrected chi connectivity index (χ4v) is 4.68. The number of carbonyl (C=O) groups excluding carboxylic acids is 1. The number of sulfonamides is 1. The summed E-state index contributed by atoms with van der Waals surface area (Å²) in [5.74, 6) is -1.98. The third kappa shape index (κ3) is 5.14. The Morgan fingerprint density at radius 1 is 1.18 bits per heavy atom. The fraction of sp³-hybridized carbons (Fsp3) is 0.450. The monoisotopic (exact) mass is 481 g/mol. The number of nitrogens with one attached hydrogen (secondary N) is 2. The van der Waals surface area contributed by atoms with Crippen molar-refractivity contribution < 1.29 is 22.0 Å². The molecule has 2 fully saturated rings. The third-order valence-electron chi connectivity index (χ3n) is 5.56. The van der Waals surface area contributed by atoms with Gasteiger partial charge in [-0.3, -0.25) is 4.79 Å². The van der Waals surface area contributed by atoms with Crippen molar-refractivity contribution in [3.63, 3.8) is 0 Å². The summed E-state index contributed by atoms with van der Waals surface area (Å²) in [7, 11) is -3.34. The molecule has 1 amide bonds. The van der Waals surface area contributed by atoms with Crippen LogP contribution in [0.3, 0.4) is 0 Å². The average molecular weight is 482 g/mol. The van der Waals surface area contributed by atoms with Gasteiger partial charge in [-0.1, -0.05) is 0 Å². The maximum absolute atomic E-state index is 14.9. The van der Waals surface area contributed by atoms with E-state index in [0.29, 0.717) is 0 Å². The maximum Gasteiger partial charge on any atom is 0.254 e. The van der Waals surface area contributed by atoms with E-state index in [4.69, 9.17) is 5.73 Å². The molecule has 0 unspecified atom stereocenters. The molecule has 33 heavy (non-hydrogen) atoms. The first-order valence-corrected chi connectivity index (χ1v) is 12.2. The van der Waals surface area contributed by atoms with Crippen LogP contribution in [0, 0.1) is 11.6 Å². The van der Waals surface area contributed by atoms with Crippen LogP contribution in [0.4, 0.5) is 31.9 Å². The first-order chi connectivity index (χ1) is 15.7. The number of nitrogens with zero attached hydrogens (tertiary/aromatic N) is 4. The zero-order valence-electron chi connectivity index (χ0n) is 18.0. The Morgan fingerprint density at radius 2 is 1.82 bits per heavy atom. The summed E-state index contributed by atoms with van der Waals surface area (Å²) >= 11 is 0. The van der Waals surface area contributed by atoms with Gasteiger partial charge in [0.15, 0.2) is 11.6 Å². The predicted octanol–water partition coefficient (Wildman–Crippen LogP) is 1.64. The second-order valence-corrected chi connectivity index (χ2v) is 10.2. The highest BCUT2D eigenvalue weighted by molar-refractivity contribution is 7.89. The molecule has 1 saturated carbocycles. The number of halogens is 2. The van der Waals surface area contributed by atoms with Crippen LogP contribution in [-0.2, 0) is 10.0 Å². The molecule has 2 heterocycles. The second-order valence-electron chi connectivity index (χ2n) is 7.94. The lowest BCUT2D eigenvalue weighted by Gasteiger charge is -2.35. The number of aromatic nitrogens is 2. The highest BCUT2D eigenvalue weighted by Crippen LogP contribution is 2.30. The van der Waals surface area contributed by atoms with Crippen molar-refractivity contribution in [1.29, 1.82) is 0 Å². The molecule has 4 rings (SSSR count). The summed E-state index contributed by atoms with van der Waals surface area (Å²) in [6, 6.07) is 2.44. The molecule has 178 valence electrons. The van der Waals surface area contributed by atoms with Crippen LogP contribution in [0.5, 0.6) is 0 Å². The van der Waals surface area contributed by atoms with Crippen LogP contribution in [0.1, 0.15) is 30.1 Å². The van der Waals surface area contributed by atoms with Crippen LogP contribution < -0.4 is 21.3 Å². The summed E-state index contributed by atoms with van der Waals surface area (Å²) in [6.45, 7) is 2.22. The van der Waals surface area contributed by atoms with E-state index in [2.05, 4.69) is 20.6 Å². The third-order valence-corrected chi connectivity index (χ3v) is 7.44. The predicted molar refractivity (Wildman–Crippen MR) is 120 cm³/mol. The Labute approximate surface area is 190 Å². The molecule has 1 aliphatic carbocycles. The molecule has 1 saturated heterocycles. The van der Waals surface area contributed by atoms with E-state index in [0.717, 1.165) is 25.0 Å². The highest BCUT2D eigenvalue weighted by Gasteiger charge is 2.28. The van der Waals surface area contributed by atoms with Crippen LogP contribution in [0.25, 0.3) is 0 Å². The van der Waals surface area contributed by atoms with Crippen molar-refractivity contribution in [3.05, 3.63) is 35.5 Å². The van der Waals surface area contributed by atoms with E-state index >= 15 is 0 Å². The number of amides is 1. The molecular weight excluding hydrogens is 456 g/mol. The van der Waals surface area contributed by atoms with Gasteiger partial charge in [-0.2, -0.15) is 9.29 Å². The van der Waals surface area contributed by atoms with Crippen molar-refractivity contribution in [1.82, 2.24) is 14.3 Å². The smallest absolute Gasteiger partial charge is 0.254 e. The van der Waals surface area contributed by atoms with Gasteiger partial charge in [0.1, 0.15) is 11.5 Å². The lowest BCUT2D eigenvalue weighted by atomic mass is 10.2. The normalized spacial score (nSPS) is 17.1. The summed E-state index contributed by atoms with van der Waals surface area (Å²) in [5.41, 5.74) is 5.37. The van der Waals surface area contributed by atoms with Crippen molar-refractivity contribution >= 4 is 39.1 Å². The number of carbonyl (C=O) groups is 1. The molecule has 1 aromatic heterocycles. The molecule has 2 aliphatic rings. The van der Waals surface area contributed by atoms with E-state index in [1.165, 1.54) is 15.4 Å². The minimum Gasteiger partial charge on any atom is -0.367 e. The van der Waals surface area contributed by atoms with Gasteiger partial charge >= 0.3 is 0 Å². The van der Waals surface area contributed by atoms with Gasteiger partial charge in [0, 0.05) is 44.1 Å². The molecule has 10 nitrogen and oxygen atoms in total. The van der Waals surface area contributed by atoms with Crippen molar-refractivity contribution in [3.8, 4) is 0 Å². The topological polar surface area (TPSA) is 134 Å². The summed E-state index contributed by atoms with van der Waals surface area (Å²) in [5, 5.41) is 5.84. The number of primary amides is 1. The van der Waals surface area contributed by atoms with E-state index < -0.39 is 27.6 Å². The number of benzene rings is 1. The number of nitrogens with two attached hydrogens (primary N) is 1. The molecule has 0 atom stereocenters. The molecule has 13 heteroatoms. The Balaban J connectivity index is 1.50. The van der Waals surface area contributed by atoms with Gasteiger partial charge in [-0.25, -0.2) is 22.2 Å². The van der Waals surface area contributed by atoms with Crippen LogP contribution in [0.2, 0.25) is 0 Å². The van der Waals surface area contributed by atoms with E-state index in [9.17, 15) is 22.0 Å². The summed E-state index contributed by atoms with van der Waals surface area (Å²) in [4.78, 5) is 21.3. The Kier molecular flexibility index (Phi) is 6.34. The van der Waals surface area contributed by atoms with Crippen molar-refractivity contribution in [2.24, 2.45) is 5.73 Å². The summed E-state index contributed by atoms with van der Waals surface area (Å²) < 4.78 is 55.0. The van der Waals surface area contributed by atoms with Crippen LogP contribution in [0.15, 0.2) is 18.3 Å². The first kappa shape index (κ1) is 23.1. The lowest BCUT2D eigenvalue weighted by molar-refractivity contribution is 0.100. The Hall–Kier alpha value is -3.06. The minimum atomic E-state index is -3.34. The quantitative estimate of drug-likeness (QED) is 0.518. The van der Waals surface area contributed by atoms with Crippen LogP contribution >= 0.6 is 0 Å². The highest BCUT2D eigenvalue weighted by atomic mass is 32.2. The van der Waals surface area contributed by atoms with Gasteiger partial charge in [0.2, 0.25) is 16.0 Å². The van der Waals surface area contributed by atoms with Gasteiger partial charge in [0.05, 0.1) is 11.3 Å². The number of anilines is 4. The fourth-order valence-electron chi connectivity index (χ4n) is 3.59. The average Bonchev–Trinajstić information content (AvgIpc) is 3.57. The van der Waals surface area contributed by atoms with Gasteiger partial charge in [-0.15, -0.1) is 0 Å².